The highest BCUT2D eigenvalue weighted by molar-refractivity contribution is 14.2. The lowest BCUT2D eigenvalue weighted by Gasteiger charge is -2.26. The molecule has 0 atom stereocenters. The first-order valence-corrected chi connectivity index (χ1v) is 13.1. The number of benzene rings is 1. The van der Waals surface area contributed by atoms with E-state index in [2.05, 4.69) is 49.4 Å². The third-order valence-electron chi connectivity index (χ3n) is 3.00. The lowest BCUT2D eigenvalue weighted by atomic mass is 10.1. The first-order chi connectivity index (χ1) is 11.1. The van der Waals surface area contributed by atoms with Crippen molar-refractivity contribution in [1.82, 2.24) is 4.90 Å². The predicted molar refractivity (Wildman–Crippen MR) is 112 cm³/mol. The van der Waals surface area contributed by atoms with Gasteiger partial charge in [-0.25, -0.2) is 8.42 Å². The van der Waals surface area contributed by atoms with Gasteiger partial charge in [0.25, 0.3) is 0 Å². The van der Waals surface area contributed by atoms with E-state index in [9.17, 15) is 8.42 Å². The largest absolute Gasteiger partial charge is 0.297 e. The van der Waals surface area contributed by atoms with Gasteiger partial charge < -0.3 is 0 Å². The van der Waals surface area contributed by atoms with Crippen molar-refractivity contribution in [2.45, 2.75) is 34.2 Å². The SMILES string of the molecule is CC.CC.O=S1(=O)CCN(Cc2cccc(C#CSI)c2)CC1. The van der Waals surface area contributed by atoms with Gasteiger partial charge in [0.05, 0.1) is 11.5 Å². The molecule has 23 heavy (non-hydrogen) atoms. The predicted octanol–water partition coefficient (Wildman–Crippen LogP) is 4.36. The summed E-state index contributed by atoms with van der Waals surface area (Å²) in [6.07, 6.45) is 0. The highest BCUT2D eigenvalue weighted by Crippen LogP contribution is 2.12. The van der Waals surface area contributed by atoms with E-state index in [1.54, 1.807) is 0 Å². The molecule has 1 aromatic carbocycles. The molecule has 0 bridgehead atoms. The zero-order valence-electron chi connectivity index (χ0n) is 14.3. The molecule has 1 aliphatic rings. The second-order valence-electron chi connectivity index (χ2n) is 4.43. The summed E-state index contributed by atoms with van der Waals surface area (Å²) in [6.45, 7) is 10.0. The number of sulfone groups is 1. The van der Waals surface area contributed by atoms with Crippen LogP contribution in [0.15, 0.2) is 24.3 Å². The van der Waals surface area contributed by atoms with E-state index in [0.717, 1.165) is 12.1 Å². The van der Waals surface area contributed by atoms with Crippen molar-refractivity contribution in [2.75, 3.05) is 24.6 Å². The number of nitrogens with zero attached hydrogens (tertiary/aromatic N) is 1. The van der Waals surface area contributed by atoms with Crippen LogP contribution in [0, 0.1) is 11.2 Å². The Labute approximate surface area is 158 Å². The molecule has 3 nitrogen and oxygen atoms in total. The van der Waals surface area contributed by atoms with Crippen LogP contribution in [-0.4, -0.2) is 37.9 Å². The van der Waals surface area contributed by atoms with Crippen LogP contribution >= 0.6 is 30.1 Å². The van der Waals surface area contributed by atoms with Crippen molar-refractivity contribution < 1.29 is 8.42 Å². The topological polar surface area (TPSA) is 37.4 Å². The molecule has 1 aromatic rings. The molecule has 130 valence electrons. The Morgan fingerprint density at radius 3 is 2.35 bits per heavy atom. The summed E-state index contributed by atoms with van der Waals surface area (Å²) in [6, 6.07) is 8.12. The van der Waals surface area contributed by atoms with Crippen LogP contribution in [-0.2, 0) is 16.4 Å². The lowest BCUT2D eigenvalue weighted by molar-refractivity contribution is 0.287. The number of halogens is 1. The average Bonchev–Trinajstić information content (AvgIpc) is 2.59. The molecular weight excluding hydrogens is 441 g/mol. The Morgan fingerprint density at radius 1 is 1.17 bits per heavy atom. The van der Waals surface area contributed by atoms with E-state index in [-0.39, 0.29) is 11.5 Å². The molecule has 0 amide bonds. The smallest absolute Gasteiger partial charge is 0.152 e. The molecule has 2 rings (SSSR count). The molecule has 1 saturated heterocycles. The van der Waals surface area contributed by atoms with Gasteiger partial charge in [0.1, 0.15) is 0 Å². The molecule has 0 spiro atoms. The van der Waals surface area contributed by atoms with Gasteiger partial charge in [-0.1, -0.05) is 45.7 Å². The van der Waals surface area contributed by atoms with E-state index >= 15 is 0 Å². The Balaban J connectivity index is 0.00000112. The quantitative estimate of drug-likeness (QED) is 0.479. The summed E-state index contributed by atoms with van der Waals surface area (Å²) in [5.74, 6) is 3.63. The molecule has 1 fully saturated rings. The van der Waals surface area contributed by atoms with Crippen molar-refractivity contribution in [2.24, 2.45) is 0 Å². The highest BCUT2D eigenvalue weighted by Gasteiger charge is 2.21. The van der Waals surface area contributed by atoms with Crippen molar-refractivity contribution in [1.29, 1.82) is 0 Å². The summed E-state index contributed by atoms with van der Waals surface area (Å²) in [7, 11) is -1.33. The maximum atomic E-state index is 11.4. The molecule has 0 radical (unpaired) electrons. The van der Waals surface area contributed by atoms with Crippen LogP contribution in [0.4, 0.5) is 0 Å². The molecule has 0 unspecified atom stereocenters. The molecule has 1 aliphatic heterocycles. The van der Waals surface area contributed by atoms with E-state index in [1.165, 1.54) is 14.5 Å². The molecule has 0 aromatic heterocycles. The minimum absolute atomic E-state index is 0.276. The molecule has 0 saturated carbocycles. The molecule has 1 heterocycles. The molecule has 0 aliphatic carbocycles. The maximum Gasteiger partial charge on any atom is 0.152 e. The van der Waals surface area contributed by atoms with Gasteiger partial charge in [-0.05, 0) is 31.9 Å². The monoisotopic (exact) mass is 467 g/mol. The lowest BCUT2D eigenvalue weighted by Crippen LogP contribution is -2.39. The normalized spacial score (nSPS) is 15.9. The van der Waals surface area contributed by atoms with E-state index in [4.69, 9.17) is 0 Å². The fourth-order valence-electron chi connectivity index (χ4n) is 1.99. The van der Waals surface area contributed by atoms with Crippen LogP contribution in [0.25, 0.3) is 0 Å². The summed E-state index contributed by atoms with van der Waals surface area (Å²) in [5.41, 5.74) is 2.19. The first-order valence-electron chi connectivity index (χ1n) is 7.89. The standard InChI is InChI=1S/C13H14INO2S2.2C2H6/c14-18-7-4-12-2-1-3-13(10-12)11-15-5-8-19(16,17)9-6-15;2*1-2/h1-3,10H,5-6,8-9,11H2;2*1-2H3. The van der Waals surface area contributed by atoms with Crippen LogP contribution in [0.2, 0.25) is 0 Å². The van der Waals surface area contributed by atoms with E-state index < -0.39 is 9.84 Å². The fourth-order valence-corrected chi connectivity index (χ4v) is 3.76. The number of hydrogen-bond acceptors (Lipinski definition) is 4. The maximum absolute atomic E-state index is 11.4. The van der Waals surface area contributed by atoms with Gasteiger partial charge >= 0.3 is 0 Å². The van der Waals surface area contributed by atoms with Crippen LogP contribution in [0.5, 0.6) is 0 Å². The molecule has 0 N–H and O–H groups in total. The Morgan fingerprint density at radius 2 is 1.78 bits per heavy atom. The molecular formula is C17H26INO2S2. The summed E-state index contributed by atoms with van der Waals surface area (Å²) in [4.78, 5) is 2.18. The van der Waals surface area contributed by atoms with Crippen molar-refractivity contribution in [3.05, 3.63) is 35.4 Å². The second kappa shape index (κ2) is 13.1. The van der Waals surface area contributed by atoms with Crippen LogP contribution in [0.1, 0.15) is 38.8 Å². The first kappa shape index (κ1) is 22.8. The Bertz CT molecular complexity index is 593. The number of rotatable bonds is 2. The summed E-state index contributed by atoms with van der Waals surface area (Å²) >= 11 is 2.15. The zero-order chi connectivity index (χ0) is 17.7. The van der Waals surface area contributed by atoms with E-state index in [1.807, 2.05) is 39.8 Å². The van der Waals surface area contributed by atoms with Crippen LogP contribution in [0.3, 0.4) is 0 Å². The minimum atomic E-state index is -2.80. The Hall–Kier alpha value is -0.230. The number of hydrogen-bond donors (Lipinski definition) is 0. The van der Waals surface area contributed by atoms with E-state index in [0.29, 0.717) is 13.1 Å². The van der Waals surface area contributed by atoms with Gasteiger partial charge in [-0.3, -0.25) is 4.90 Å². The summed E-state index contributed by atoms with van der Waals surface area (Å²) in [5, 5.41) is 2.97. The van der Waals surface area contributed by atoms with Gasteiger partial charge in [0.2, 0.25) is 0 Å². The fraction of sp³-hybridized carbons (Fsp3) is 0.529. The average molecular weight is 467 g/mol. The van der Waals surface area contributed by atoms with Crippen LogP contribution < -0.4 is 0 Å². The Kier molecular flexibility index (Phi) is 13.0. The minimum Gasteiger partial charge on any atom is -0.297 e. The zero-order valence-corrected chi connectivity index (χ0v) is 18.1. The molecule has 6 heteroatoms. The summed E-state index contributed by atoms with van der Waals surface area (Å²) < 4.78 is 22.7. The van der Waals surface area contributed by atoms with Crippen molar-refractivity contribution in [3.63, 3.8) is 0 Å². The third-order valence-corrected chi connectivity index (χ3v) is 5.45. The van der Waals surface area contributed by atoms with Crippen molar-refractivity contribution >= 4 is 40.0 Å². The van der Waals surface area contributed by atoms with Gasteiger partial charge in [-0.15, -0.1) is 0 Å². The van der Waals surface area contributed by atoms with Gasteiger partial charge in [0.15, 0.2) is 9.84 Å². The highest BCUT2D eigenvalue weighted by atomic mass is 127. The van der Waals surface area contributed by atoms with Gasteiger partial charge in [0, 0.05) is 46.4 Å². The van der Waals surface area contributed by atoms with Crippen molar-refractivity contribution in [3.8, 4) is 11.2 Å². The third kappa shape index (κ3) is 9.60. The van der Waals surface area contributed by atoms with Gasteiger partial charge in [-0.2, -0.15) is 0 Å². The second-order valence-corrected chi connectivity index (χ2v) is 8.42.